The Labute approximate surface area is 109 Å². The van der Waals surface area contributed by atoms with Gasteiger partial charge in [-0.25, -0.2) is 9.78 Å². The van der Waals surface area contributed by atoms with Crippen LogP contribution in [0.4, 0.5) is 19.0 Å². The molecule has 0 spiro atoms. The van der Waals surface area contributed by atoms with Crippen LogP contribution in [0.1, 0.15) is 36.3 Å². The Bertz CT molecular complexity index is 447. The molecule has 19 heavy (non-hydrogen) atoms. The van der Waals surface area contributed by atoms with Crippen LogP contribution in [-0.4, -0.2) is 24.1 Å². The highest BCUT2D eigenvalue weighted by molar-refractivity contribution is 5.94. The summed E-state index contributed by atoms with van der Waals surface area (Å²) in [6, 6.07) is 1.84. The minimum Gasteiger partial charge on any atom is -0.462 e. The van der Waals surface area contributed by atoms with Crippen LogP contribution < -0.4 is 5.32 Å². The molecule has 0 atom stereocenters. The largest absolute Gasteiger partial charge is 0.462 e. The number of esters is 1. The van der Waals surface area contributed by atoms with Crippen molar-refractivity contribution < 1.29 is 22.7 Å². The smallest absolute Gasteiger partial charge is 0.433 e. The zero-order valence-corrected chi connectivity index (χ0v) is 10.7. The number of carbonyl (C=O) groups is 1. The first-order chi connectivity index (χ1) is 8.90. The number of halogens is 3. The summed E-state index contributed by atoms with van der Waals surface area (Å²) in [6.07, 6.45) is -3.85. The molecule has 0 amide bonds. The van der Waals surface area contributed by atoms with Gasteiger partial charge in [0.1, 0.15) is 17.1 Å². The van der Waals surface area contributed by atoms with Crippen molar-refractivity contribution in [1.29, 1.82) is 0 Å². The summed E-state index contributed by atoms with van der Waals surface area (Å²) in [7, 11) is 0. The number of rotatable bonds is 5. The van der Waals surface area contributed by atoms with Gasteiger partial charge in [-0.15, -0.1) is 0 Å². The van der Waals surface area contributed by atoms with Crippen molar-refractivity contribution in [3.05, 3.63) is 23.4 Å². The van der Waals surface area contributed by atoms with Crippen molar-refractivity contribution in [3.8, 4) is 0 Å². The summed E-state index contributed by atoms with van der Waals surface area (Å²) in [6.45, 7) is 4.03. The van der Waals surface area contributed by atoms with Crippen LogP contribution in [-0.2, 0) is 10.9 Å². The molecule has 4 nitrogen and oxygen atoms in total. The van der Waals surface area contributed by atoms with Gasteiger partial charge >= 0.3 is 12.1 Å². The fourth-order valence-corrected chi connectivity index (χ4v) is 1.37. The normalized spacial score (nSPS) is 11.2. The third-order valence-corrected chi connectivity index (χ3v) is 2.22. The lowest BCUT2D eigenvalue weighted by Gasteiger charge is -2.13. The number of pyridine rings is 1. The standard InChI is InChI=1S/C12H15F3N2O2/c1-3-7-16-10-8(11(18)19-4-2)5-6-9(17-10)12(13,14)15/h5-6H,3-4,7H2,1-2H3,(H,16,17). The van der Waals surface area contributed by atoms with Gasteiger partial charge in [-0.3, -0.25) is 0 Å². The Kier molecular flexibility index (Phi) is 5.14. The van der Waals surface area contributed by atoms with Gasteiger partial charge in [0, 0.05) is 6.54 Å². The first kappa shape index (κ1) is 15.3. The summed E-state index contributed by atoms with van der Waals surface area (Å²) >= 11 is 0. The average molecular weight is 276 g/mol. The molecule has 0 fully saturated rings. The number of hydrogen-bond donors (Lipinski definition) is 1. The van der Waals surface area contributed by atoms with Crippen LogP contribution in [0.3, 0.4) is 0 Å². The number of nitrogens with zero attached hydrogens (tertiary/aromatic N) is 1. The highest BCUT2D eigenvalue weighted by Crippen LogP contribution is 2.29. The van der Waals surface area contributed by atoms with E-state index in [1.807, 2.05) is 6.92 Å². The van der Waals surface area contributed by atoms with E-state index in [4.69, 9.17) is 4.74 Å². The molecule has 1 heterocycles. The molecule has 1 N–H and O–H groups in total. The van der Waals surface area contributed by atoms with Crippen LogP contribution in [0, 0.1) is 0 Å². The SMILES string of the molecule is CCCNc1nc(C(F)(F)F)ccc1C(=O)OCC. The van der Waals surface area contributed by atoms with Crippen molar-refractivity contribution in [2.24, 2.45) is 0 Å². The molecule has 0 saturated carbocycles. The summed E-state index contributed by atoms with van der Waals surface area (Å²) < 4.78 is 42.5. The topological polar surface area (TPSA) is 51.2 Å². The van der Waals surface area contributed by atoms with Crippen LogP contribution in [0.15, 0.2) is 12.1 Å². The van der Waals surface area contributed by atoms with E-state index >= 15 is 0 Å². The molecule has 0 radical (unpaired) electrons. The van der Waals surface area contributed by atoms with E-state index in [9.17, 15) is 18.0 Å². The third kappa shape index (κ3) is 4.11. The zero-order valence-electron chi connectivity index (χ0n) is 10.7. The fraction of sp³-hybridized carbons (Fsp3) is 0.500. The van der Waals surface area contributed by atoms with Gasteiger partial charge < -0.3 is 10.1 Å². The van der Waals surface area contributed by atoms with Gasteiger partial charge in [0.2, 0.25) is 0 Å². The molecule has 0 bridgehead atoms. The molecular weight excluding hydrogens is 261 g/mol. The fourth-order valence-electron chi connectivity index (χ4n) is 1.37. The highest BCUT2D eigenvalue weighted by atomic mass is 19.4. The predicted octanol–water partition coefficient (Wildman–Crippen LogP) is 3.10. The summed E-state index contributed by atoms with van der Waals surface area (Å²) in [5.74, 6) is -0.794. The highest BCUT2D eigenvalue weighted by Gasteiger charge is 2.33. The van der Waals surface area contributed by atoms with E-state index in [-0.39, 0.29) is 18.0 Å². The maximum absolute atomic E-state index is 12.6. The van der Waals surface area contributed by atoms with Crippen LogP contribution in [0.25, 0.3) is 0 Å². The van der Waals surface area contributed by atoms with E-state index < -0.39 is 17.8 Å². The first-order valence-electron chi connectivity index (χ1n) is 5.89. The third-order valence-electron chi connectivity index (χ3n) is 2.22. The van der Waals surface area contributed by atoms with Crippen molar-refractivity contribution in [1.82, 2.24) is 4.98 Å². The Morgan fingerprint density at radius 2 is 2.05 bits per heavy atom. The zero-order chi connectivity index (χ0) is 14.5. The number of hydrogen-bond acceptors (Lipinski definition) is 4. The molecule has 0 aliphatic rings. The Morgan fingerprint density at radius 3 is 2.58 bits per heavy atom. The number of carbonyl (C=O) groups excluding carboxylic acids is 1. The van der Waals surface area contributed by atoms with Gasteiger partial charge in [-0.05, 0) is 25.5 Å². The Hall–Kier alpha value is -1.79. The number of nitrogens with one attached hydrogen (secondary N) is 1. The van der Waals surface area contributed by atoms with E-state index in [0.29, 0.717) is 13.0 Å². The molecule has 0 aliphatic carbocycles. The Balaban J connectivity index is 3.12. The number of alkyl halides is 3. The quantitative estimate of drug-likeness (QED) is 0.840. The molecule has 7 heteroatoms. The maximum Gasteiger partial charge on any atom is 0.433 e. The van der Waals surface area contributed by atoms with Crippen LogP contribution in [0.2, 0.25) is 0 Å². The summed E-state index contributed by atoms with van der Waals surface area (Å²) in [5, 5.41) is 2.70. The van der Waals surface area contributed by atoms with Gasteiger partial charge in [0.15, 0.2) is 0 Å². The van der Waals surface area contributed by atoms with E-state index in [1.54, 1.807) is 6.92 Å². The van der Waals surface area contributed by atoms with Crippen molar-refractivity contribution in [2.45, 2.75) is 26.4 Å². The van der Waals surface area contributed by atoms with Crippen LogP contribution >= 0.6 is 0 Å². The molecule has 0 unspecified atom stereocenters. The maximum atomic E-state index is 12.6. The second kappa shape index (κ2) is 6.40. The molecule has 0 saturated heterocycles. The molecule has 106 valence electrons. The minimum absolute atomic E-state index is 0.00306. The van der Waals surface area contributed by atoms with E-state index in [1.165, 1.54) is 0 Å². The molecular formula is C12H15F3N2O2. The lowest BCUT2D eigenvalue weighted by molar-refractivity contribution is -0.141. The minimum atomic E-state index is -4.55. The number of anilines is 1. The lowest BCUT2D eigenvalue weighted by Crippen LogP contribution is -2.16. The molecule has 1 aromatic rings. The first-order valence-corrected chi connectivity index (χ1v) is 5.89. The number of ether oxygens (including phenoxy) is 1. The van der Waals surface area contributed by atoms with E-state index in [0.717, 1.165) is 12.1 Å². The second-order valence-corrected chi connectivity index (χ2v) is 3.74. The van der Waals surface area contributed by atoms with Crippen molar-refractivity contribution in [2.75, 3.05) is 18.5 Å². The van der Waals surface area contributed by atoms with Gasteiger partial charge in [-0.1, -0.05) is 6.92 Å². The predicted molar refractivity (Wildman–Crippen MR) is 64.0 cm³/mol. The monoisotopic (exact) mass is 276 g/mol. The Morgan fingerprint density at radius 1 is 1.37 bits per heavy atom. The lowest BCUT2D eigenvalue weighted by atomic mass is 10.2. The number of aromatic nitrogens is 1. The average Bonchev–Trinajstić information content (AvgIpc) is 2.35. The van der Waals surface area contributed by atoms with Gasteiger partial charge in [-0.2, -0.15) is 13.2 Å². The van der Waals surface area contributed by atoms with Crippen molar-refractivity contribution >= 4 is 11.8 Å². The van der Waals surface area contributed by atoms with E-state index in [2.05, 4.69) is 10.3 Å². The molecule has 0 aromatic carbocycles. The van der Waals surface area contributed by atoms with Crippen LogP contribution in [0.5, 0.6) is 0 Å². The summed E-state index contributed by atoms with van der Waals surface area (Å²) in [5.41, 5.74) is -1.04. The molecule has 1 rings (SSSR count). The molecule has 0 aliphatic heterocycles. The van der Waals surface area contributed by atoms with Gasteiger partial charge in [0.05, 0.1) is 6.61 Å². The van der Waals surface area contributed by atoms with Gasteiger partial charge in [0.25, 0.3) is 0 Å². The summed E-state index contributed by atoms with van der Waals surface area (Å²) in [4.78, 5) is 15.1. The molecule has 1 aromatic heterocycles. The second-order valence-electron chi connectivity index (χ2n) is 3.74. The van der Waals surface area contributed by atoms with Crippen molar-refractivity contribution in [3.63, 3.8) is 0 Å².